The van der Waals surface area contributed by atoms with Gasteiger partial charge >= 0.3 is 0 Å². The maximum absolute atomic E-state index is 8.78. The maximum atomic E-state index is 8.78. The van der Waals surface area contributed by atoms with Crippen molar-refractivity contribution in [2.75, 3.05) is 18.9 Å². The fraction of sp³-hybridized carbons (Fsp3) is 0.389. The van der Waals surface area contributed by atoms with Crippen LogP contribution in [0.15, 0.2) is 24.5 Å². The molecule has 0 bridgehead atoms. The lowest BCUT2D eigenvalue weighted by Gasteiger charge is -2.15. The Morgan fingerprint density at radius 2 is 2.19 bits per heavy atom. The molecule has 2 aliphatic rings. The largest absolute Gasteiger partial charge is 0.391 e. The maximum Gasteiger partial charge on any atom is 0.220 e. The molecule has 5 rings (SSSR count). The number of nitrogen functional groups attached to an aromatic ring is 1. The van der Waals surface area contributed by atoms with E-state index in [1.807, 2.05) is 10.6 Å². The van der Waals surface area contributed by atoms with Gasteiger partial charge < -0.3 is 20.9 Å². The molecule has 142 valence electrons. The molecule has 1 atom stereocenters. The summed E-state index contributed by atoms with van der Waals surface area (Å²) in [6.45, 7) is 3.06. The number of ether oxygens (including phenoxy) is 1. The number of pyridine rings is 1. The van der Waals surface area contributed by atoms with Crippen LogP contribution in [0.4, 0.5) is 5.95 Å². The van der Waals surface area contributed by atoms with Crippen LogP contribution in [0.3, 0.4) is 0 Å². The zero-order chi connectivity index (χ0) is 18.8. The van der Waals surface area contributed by atoms with E-state index in [0.29, 0.717) is 17.3 Å². The fourth-order valence-corrected chi connectivity index (χ4v) is 3.48. The molecule has 2 aliphatic heterocycles. The van der Waals surface area contributed by atoms with Crippen molar-refractivity contribution in [1.29, 1.82) is 0 Å². The van der Waals surface area contributed by atoms with E-state index in [9.17, 15) is 0 Å². The highest BCUT2D eigenvalue weighted by Crippen LogP contribution is 2.31. The third-order valence-electron chi connectivity index (χ3n) is 4.64. The lowest BCUT2D eigenvalue weighted by molar-refractivity contribution is -0.00535. The zero-order valence-corrected chi connectivity index (χ0v) is 15.5. The predicted molar refractivity (Wildman–Crippen MR) is 102 cm³/mol. The Labute approximate surface area is 161 Å². The smallest absolute Gasteiger partial charge is 0.220 e. The van der Waals surface area contributed by atoms with Gasteiger partial charge in [0.1, 0.15) is 0 Å². The van der Waals surface area contributed by atoms with Crippen LogP contribution in [-0.2, 0) is 17.8 Å². The summed E-state index contributed by atoms with van der Waals surface area (Å²) in [5, 5.41) is 17.0. The molecule has 27 heavy (non-hydrogen) atoms. The quantitative estimate of drug-likeness (QED) is 0.582. The van der Waals surface area contributed by atoms with Gasteiger partial charge in [0.25, 0.3) is 0 Å². The summed E-state index contributed by atoms with van der Waals surface area (Å²) in [6.07, 6.45) is 5.02. The van der Waals surface area contributed by atoms with E-state index in [4.69, 9.17) is 27.2 Å². The topological polar surface area (TPSA) is 111 Å². The van der Waals surface area contributed by atoms with Crippen molar-refractivity contribution in [1.82, 2.24) is 24.9 Å². The van der Waals surface area contributed by atoms with Gasteiger partial charge in [-0.3, -0.25) is 0 Å². The Morgan fingerprint density at radius 1 is 1.30 bits per heavy atom. The number of aliphatic hydroxyl groups excluding tert-OH is 1. The number of nitrogens with two attached hydrogens (primary N) is 1. The molecule has 1 unspecified atom stereocenters. The summed E-state index contributed by atoms with van der Waals surface area (Å²) >= 11 is 6.18. The highest BCUT2D eigenvalue weighted by Gasteiger charge is 2.18. The molecule has 9 heteroatoms. The second kappa shape index (κ2) is 7.77. The van der Waals surface area contributed by atoms with Crippen LogP contribution < -0.4 is 11.1 Å². The second-order valence-corrected chi connectivity index (χ2v) is 6.97. The number of aliphatic hydroxyl groups is 1. The highest BCUT2D eigenvalue weighted by atomic mass is 35.5. The molecule has 1 saturated heterocycles. The molecule has 1 fully saturated rings. The third kappa shape index (κ3) is 3.74. The number of aromatic nitrogens is 4. The average Bonchev–Trinajstić information content (AvgIpc) is 3.31. The normalized spacial score (nSPS) is 18.8. The number of hydrogen-bond donors (Lipinski definition) is 3. The van der Waals surface area contributed by atoms with Crippen LogP contribution in [0.25, 0.3) is 16.8 Å². The number of rotatable bonds is 1. The minimum absolute atomic E-state index is 0.186. The highest BCUT2D eigenvalue weighted by molar-refractivity contribution is 6.33. The molecular weight excluding hydrogens is 368 g/mol. The molecule has 5 heterocycles. The lowest BCUT2D eigenvalue weighted by Crippen LogP contribution is -2.21. The van der Waals surface area contributed by atoms with Crippen LogP contribution in [0.5, 0.6) is 0 Å². The Bertz CT molecular complexity index is 954. The SMILES string of the molecule is Nc1ncc(Cl)c(-c2cnn3c4c(ccc23)CNC4)n1.OC1CCCOC1. The van der Waals surface area contributed by atoms with Crippen molar-refractivity contribution < 1.29 is 9.84 Å². The fourth-order valence-electron chi connectivity index (χ4n) is 3.29. The minimum atomic E-state index is -0.186. The summed E-state index contributed by atoms with van der Waals surface area (Å²) in [6, 6.07) is 4.14. The molecule has 0 aromatic carbocycles. The monoisotopic (exact) mass is 388 g/mol. The predicted octanol–water partition coefficient (Wildman–Crippen LogP) is 1.79. The van der Waals surface area contributed by atoms with Crippen molar-refractivity contribution in [3.63, 3.8) is 0 Å². The van der Waals surface area contributed by atoms with Crippen LogP contribution in [0.2, 0.25) is 5.02 Å². The summed E-state index contributed by atoms with van der Waals surface area (Å²) in [5.74, 6) is 0.201. The summed E-state index contributed by atoms with van der Waals surface area (Å²) < 4.78 is 6.86. The first-order valence-corrected chi connectivity index (χ1v) is 9.24. The zero-order valence-electron chi connectivity index (χ0n) is 14.7. The van der Waals surface area contributed by atoms with E-state index in [0.717, 1.165) is 43.6 Å². The van der Waals surface area contributed by atoms with E-state index in [1.165, 1.54) is 17.5 Å². The molecule has 0 amide bonds. The van der Waals surface area contributed by atoms with Crippen LogP contribution in [0.1, 0.15) is 24.1 Å². The van der Waals surface area contributed by atoms with Gasteiger partial charge in [-0.1, -0.05) is 17.7 Å². The third-order valence-corrected chi connectivity index (χ3v) is 4.91. The molecule has 4 N–H and O–H groups in total. The van der Waals surface area contributed by atoms with Gasteiger partial charge in [-0.2, -0.15) is 5.10 Å². The Kier molecular flexibility index (Phi) is 5.22. The summed E-state index contributed by atoms with van der Waals surface area (Å²) in [4.78, 5) is 8.11. The minimum Gasteiger partial charge on any atom is -0.391 e. The molecule has 8 nitrogen and oxygen atoms in total. The molecule has 0 spiro atoms. The lowest BCUT2D eigenvalue weighted by atomic mass is 10.1. The number of halogens is 1. The van der Waals surface area contributed by atoms with E-state index in [-0.39, 0.29) is 12.1 Å². The Balaban J connectivity index is 0.000000218. The van der Waals surface area contributed by atoms with Gasteiger partial charge in [-0.25, -0.2) is 14.5 Å². The number of fused-ring (bicyclic) bond motifs is 3. The van der Waals surface area contributed by atoms with Gasteiger partial charge in [0.2, 0.25) is 5.95 Å². The molecule has 0 radical (unpaired) electrons. The molecule has 0 saturated carbocycles. The Hall–Kier alpha value is -2.26. The van der Waals surface area contributed by atoms with Gasteiger partial charge in [-0.15, -0.1) is 0 Å². The summed E-state index contributed by atoms with van der Waals surface area (Å²) in [5.41, 5.74) is 10.5. The molecule has 0 aliphatic carbocycles. The molecular formula is C18H21ClN6O2. The van der Waals surface area contributed by atoms with Crippen LogP contribution in [0, 0.1) is 0 Å². The first-order chi connectivity index (χ1) is 13.1. The van der Waals surface area contributed by atoms with E-state index in [1.54, 1.807) is 6.20 Å². The van der Waals surface area contributed by atoms with Gasteiger partial charge in [0.15, 0.2) is 0 Å². The van der Waals surface area contributed by atoms with Crippen molar-refractivity contribution in [3.8, 4) is 11.3 Å². The van der Waals surface area contributed by atoms with Gasteiger partial charge in [0.05, 0.1) is 47.0 Å². The molecule has 3 aromatic heterocycles. The molecule has 3 aromatic rings. The van der Waals surface area contributed by atoms with E-state index < -0.39 is 0 Å². The number of anilines is 1. The van der Waals surface area contributed by atoms with Crippen molar-refractivity contribution in [2.45, 2.75) is 32.0 Å². The number of nitrogens with one attached hydrogen (secondary N) is 1. The van der Waals surface area contributed by atoms with Crippen molar-refractivity contribution in [3.05, 3.63) is 40.8 Å². The first-order valence-electron chi connectivity index (χ1n) is 8.87. The van der Waals surface area contributed by atoms with Gasteiger partial charge in [-0.05, 0) is 24.5 Å². The first kappa shape index (κ1) is 18.1. The Morgan fingerprint density at radius 3 is 2.93 bits per heavy atom. The van der Waals surface area contributed by atoms with Crippen LogP contribution in [-0.4, -0.2) is 44.0 Å². The van der Waals surface area contributed by atoms with E-state index in [2.05, 4.69) is 26.4 Å². The average molecular weight is 389 g/mol. The standard InChI is InChI=1S/C13H11ClN6.C5H10O2/c14-9-5-17-13(15)19-12(9)8-4-18-20-10(8)2-1-7-3-16-6-11(7)20;6-5-2-1-3-7-4-5/h1-2,4-5,16H,3,6H2,(H2,15,17,19);5-6H,1-4H2. The van der Waals surface area contributed by atoms with Crippen molar-refractivity contribution >= 4 is 23.1 Å². The van der Waals surface area contributed by atoms with Crippen LogP contribution >= 0.6 is 11.6 Å². The van der Waals surface area contributed by atoms with Crippen molar-refractivity contribution in [2.24, 2.45) is 0 Å². The second-order valence-electron chi connectivity index (χ2n) is 6.56. The van der Waals surface area contributed by atoms with E-state index >= 15 is 0 Å². The summed E-state index contributed by atoms with van der Waals surface area (Å²) in [7, 11) is 0. The number of hydrogen-bond acceptors (Lipinski definition) is 7. The number of nitrogens with zero attached hydrogens (tertiary/aromatic N) is 4. The van der Waals surface area contributed by atoms with Gasteiger partial charge in [0, 0.05) is 25.3 Å².